The quantitative estimate of drug-likeness (QED) is 0.317. The molecule has 4 nitrogen and oxygen atoms in total. The van der Waals surface area contributed by atoms with Gasteiger partial charge in [-0.2, -0.15) is 0 Å². The van der Waals surface area contributed by atoms with Crippen LogP contribution in [-0.4, -0.2) is 16.0 Å². The average molecular weight is 446 g/mol. The van der Waals surface area contributed by atoms with Crippen LogP contribution < -0.4 is 0 Å². The number of furan rings is 1. The van der Waals surface area contributed by atoms with Crippen LogP contribution in [-0.2, 0) is 11.3 Å². The third kappa shape index (κ3) is 3.90. The van der Waals surface area contributed by atoms with Crippen LogP contribution >= 0.6 is 23.4 Å². The number of halogens is 1. The summed E-state index contributed by atoms with van der Waals surface area (Å²) in [5.74, 6) is 0.831. The Bertz CT molecular complexity index is 1350. The molecule has 152 valence electrons. The first kappa shape index (κ1) is 19.7. The summed E-state index contributed by atoms with van der Waals surface area (Å²) in [6, 6.07) is 24.8. The molecule has 0 unspecified atom stereocenters. The number of rotatable bonds is 4. The van der Waals surface area contributed by atoms with Gasteiger partial charge in [-0.15, -0.1) is 0 Å². The van der Waals surface area contributed by atoms with Gasteiger partial charge in [0.2, 0.25) is 0 Å². The topological polar surface area (TPSA) is 50.5 Å². The van der Waals surface area contributed by atoms with Crippen LogP contribution in [0.4, 0.5) is 4.79 Å². The Morgan fingerprint density at radius 2 is 1.74 bits per heavy atom. The molecule has 1 aromatic heterocycles. The van der Waals surface area contributed by atoms with E-state index in [9.17, 15) is 9.59 Å². The number of hydrogen-bond acceptors (Lipinski definition) is 4. The lowest BCUT2D eigenvalue weighted by molar-refractivity contribution is -0.123. The van der Waals surface area contributed by atoms with Crippen molar-refractivity contribution < 1.29 is 14.0 Å². The van der Waals surface area contributed by atoms with Gasteiger partial charge in [-0.1, -0.05) is 66.2 Å². The van der Waals surface area contributed by atoms with Crippen molar-refractivity contribution in [3.05, 3.63) is 100 Å². The zero-order valence-electron chi connectivity index (χ0n) is 16.2. The number of nitrogens with zero attached hydrogens (tertiary/aromatic N) is 1. The van der Waals surface area contributed by atoms with E-state index < -0.39 is 0 Å². The van der Waals surface area contributed by atoms with E-state index in [-0.39, 0.29) is 17.7 Å². The molecule has 1 fully saturated rings. The minimum atomic E-state index is -0.316. The third-order valence-corrected chi connectivity index (χ3v) is 6.23. The number of hydrogen-bond donors (Lipinski definition) is 0. The second-order valence-corrected chi connectivity index (χ2v) is 8.55. The second-order valence-electron chi connectivity index (χ2n) is 7.12. The van der Waals surface area contributed by atoms with E-state index in [1.807, 2.05) is 66.7 Å². The van der Waals surface area contributed by atoms with Crippen molar-refractivity contribution in [3.63, 3.8) is 0 Å². The molecule has 31 heavy (non-hydrogen) atoms. The first-order valence-corrected chi connectivity index (χ1v) is 10.9. The average Bonchev–Trinajstić information content (AvgIpc) is 3.34. The summed E-state index contributed by atoms with van der Waals surface area (Å²) >= 11 is 6.97. The van der Waals surface area contributed by atoms with E-state index in [2.05, 4.69) is 0 Å². The van der Waals surface area contributed by atoms with Gasteiger partial charge in [-0.05, 0) is 52.4 Å². The molecule has 5 rings (SSSR count). The Hall–Kier alpha value is -3.28. The number of thioether (sulfide) groups is 1. The molecule has 0 saturated carbocycles. The Morgan fingerprint density at radius 3 is 2.61 bits per heavy atom. The standard InChI is InChI=1S/C25H16ClNO3S/c26-19-9-4-7-17(13-19)22-12-11-20(30-22)14-23-24(28)27(25(29)31-23)15-18-8-3-6-16-5-1-2-10-21(16)18/h1-14H,15H2/b23-14-. The summed E-state index contributed by atoms with van der Waals surface area (Å²) in [5.41, 5.74) is 1.78. The van der Waals surface area contributed by atoms with Gasteiger partial charge in [-0.25, -0.2) is 0 Å². The van der Waals surface area contributed by atoms with Gasteiger partial charge in [0.1, 0.15) is 11.5 Å². The molecule has 2 heterocycles. The zero-order valence-corrected chi connectivity index (χ0v) is 17.8. The van der Waals surface area contributed by atoms with Crippen molar-refractivity contribution in [2.45, 2.75) is 6.54 Å². The van der Waals surface area contributed by atoms with Crippen LogP contribution in [0.1, 0.15) is 11.3 Å². The Kier molecular flexibility index (Phi) is 5.14. The molecule has 1 saturated heterocycles. The highest BCUT2D eigenvalue weighted by Crippen LogP contribution is 2.35. The summed E-state index contributed by atoms with van der Waals surface area (Å²) in [4.78, 5) is 27.1. The third-order valence-electron chi connectivity index (χ3n) is 5.09. The van der Waals surface area contributed by atoms with Crippen molar-refractivity contribution in [1.82, 2.24) is 4.90 Å². The first-order valence-electron chi connectivity index (χ1n) is 9.66. The van der Waals surface area contributed by atoms with Gasteiger partial charge in [0.05, 0.1) is 11.4 Å². The number of carbonyl (C=O) groups is 2. The fraction of sp³-hybridized carbons (Fsp3) is 0.0400. The Morgan fingerprint density at radius 1 is 0.935 bits per heavy atom. The lowest BCUT2D eigenvalue weighted by Gasteiger charge is -2.14. The predicted octanol–water partition coefficient (Wildman–Crippen LogP) is 6.99. The van der Waals surface area contributed by atoms with Crippen molar-refractivity contribution >= 4 is 51.4 Å². The lowest BCUT2D eigenvalue weighted by Crippen LogP contribution is -2.27. The van der Waals surface area contributed by atoms with Gasteiger partial charge in [0.25, 0.3) is 11.1 Å². The minimum Gasteiger partial charge on any atom is -0.457 e. The van der Waals surface area contributed by atoms with Gasteiger partial charge < -0.3 is 4.42 Å². The molecular weight excluding hydrogens is 430 g/mol. The van der Waals surface area contributed by atoms with E-state index in [4.69, 9.17) is 16.0 Å². The molecule has 4 aromatic rings. The van der Waals surface area contributed by atoms with Crippen LogP contribution in [0.15, 0.2) is 88.2 Å². The molecule has 0 radical (unpaired) electrons. The highest BCUT2D eigenvalue weighted by Gasteiger charge is 2.35. The van der Waals surface area contributed by atoms with Crippen LogP contribution in [0.5, 0.6) is 0 Å². The van der Waals surface area contributed by atoms with Crippen LogP contribution in [0.25, 0.3) is 28.2 Å². The van der Waals surface area contributed by atoms with Crippen molar-refractivity contribution in [1.29, 1.82) is 0 Å². The molecule has 2 amide bonds. The normalized spacial score (nSPS) is 15.4. The lowest BCUT2D eigenvalue weighted by atomic mass is 10.0. The van der Waals surface area contributed by atoms with Gasteiger partial charge in [0, 0.05) is 16.7 Å². The van der Waals surface area contributed by atoms with Crippen molar-refractivity contribution in [2.24, 2.45) is 0 Å². The van der Waals surface area contributed by atoms with Crippen LogP contribution in [0.3, 0.4) is 0 Å². The minimum absolute atomic E-state index is 0.231. The molecule has 3 aromatic carbocycles. The Balaban J connectivity index is 1.39. The molecule has 0 bridgehead atoms. The van der Waals surface area contributed by atoms with E-state index in [1.54, 1.807) is 18.2 Å². The molecule has 1 aliphatic heterocycles. The molecule has 0 aliphatic carbocycles. The fourth-order valence-corrected chi connectivity index (χ4v) is 4.60. The highest BCUT2D eigenvalue weighted by atomic mass is 35.5. The van der Waals surface area contributed by atoms with Crippen molar-refractivity contribution in [3.8, 4) is 11.3 Å². The number of fused-ring (bicyclic) bond motifs is 1. The second kappa shape index (κ2) is 8.10. The Labute approximate surface area is 188 Å². The van der Waals surface area contributed by atoms with Gasteiger partial charge >= 0.3 is 0 Å². The maximum atomic E-state index is 12.9. The zero-order chi connectivity index (χ0) is 21.4. The van der Waals surface area contributed by atoms with E-state index >= 15 is 0 Å². The summed E-state index contributed by atoms with van der Waals surface area (Å²) in [5, 5.41) is 2.44. The molecule has 0 N–H and O–H groups in total. The summed E-state index contributed by atoms with van der Waals surface area (Å²) in [6.45, 7) is 0.231. The first-order chi connectivity index (χ1) is 15.1. The van der Waals surface area contributed by atoms with E-state index in [0.29, 0.717) is 21.4 Å². The summed E-state index contributed by atoms with van der Waals surface area (Å²) in [6.07, 6.45) is 1.61. The highest BCUT2D eigenvalue weighted by molar-refractivity contribution is 8.18. The summed E-state index contributed by atoms with van der Waals surface area (Å²) < 4.78 is 5.85. The SMILES string of the molecule is O=C1S/C(=C\c2ccc(-c3cccc(Cl)c3)o2)C(=O)N1Cc1cccc2ccccc12. The number of amides is 2. The maximum absolute atomic E-state index is 12.9. The molecule has 1 aliphatic rings. The number of carbonyl (C=O) groups excluding carboxylic acids is 2. The van der Waals surface area contributed by atoms with Crippen molar-refractivity contribution in [2.75, 3.05) is 0 Å². The largest absolute Gasteiger partial charge is 0.457 e. The molecule has 0 atom stereocenters. The van der Waals surface area contributed by atoms with E-state index in [1.165, 1.54) is 4.90 Å². The van der Waals surface area contributed by atoms with Gasteiger partial charge in [-0.3, -0.25) is 14.5 Å². The molecular formula is C25H16ClNO3S. The smallest absolute Gasteiger partial charge is 0.293 e. The predicted molar refractivity (Wildman–Crippen MR) is 125 cm³/mol. The number of imide groups is 1. The van der Waals surface area contributed by atoms with Crippen LogP contribution in [0, 0.1) is 0 Å². The fourth-order valence-electron chi connectivity index (χ4n) is 3.59. The molecule has 0 spiro atoms. The molecule has 6 heteroatoms. The van der Waals surface area contributed by atoms with Crippen LogP contribution in [0.2, 0.25) is 5.02 Å². The maximum Gasteiger partial charge on any atom is 0.293 e. The number of benzene rings is 3. The summed E-state index contributed by atoms with van der Waals surface area (Å²) in [7, 11) is 0. The monoisotopic (exact) mass is 445 g/mol. The van der Waals surface area contributed by atoms with E-state index in [0.717, 1.165) is 33.7 Å². The van der Waals surface area contributed by atoms with Gasteiger partial charge in [0.15, 0.2) is 0 Å².